The van der Waals surface area contributed by atoms with Crippen LogP contribution in [-0.4, -0.2) is 15.8 Å². The highest BCUT2D eigenvalue weighted by Crippen LogP contribution is 2.15. The summed E-state index contributed by atoms with van der Waals surface area (Å²) >= 11 is 0. The molecule has 0 aromatic carbocycles. The van der Waals surface area contributed by atoms with Crippen molar-refractivity contribution in [2.75, 3.05) is 0 Å². The van der Waals surface area contributed by atoms with Crippen molar-refractivity contribution >= 4 is 16.7 Å². The average molecular weight is 160 g/mol. The normalized spacial score (nSPS) is 10.4. The molecule has 1 N–H and O–H groups in total. The van der Waals surface area contributed by atoms with Gasteiger partial charge in [-0.15, -0.1) is 0 Å². The molecule has 0 saturated heterocycles. The number of nitrogens with zero attached hydrogens (tertiary/aromatic N) is 1. The van der Waals surface area contributed by atoms with E-state index in [1.54, 1.807) is 25.5 Å². The highest BCUT2D eigenvalue weighted by molar-refractivity contribution is 6.05. The van der Waals surface area contributed by atoms with Crippen molar-refractivity contribution in [3.05, 3.63) is 30.2 Å². The molecule has 0 radical (unpaired) electrons. The van der Waals surface area contributed by atoms with Gasteiger partial charge in [-0.2, -0.15) is 0 Å². The number of ketones is 1. The summed E-state index contributed by atoms with van der Waals surface area (Å²) in [5.41, 5.74) is 1.58. The number of rotatable bonds is 1. The second-order valence-corrected chi connectivity index (χ2v) is 2.68. The molecular weight excluding hydrogens is 152 g/mol. The zero-order valence-corrected chi connectivity index (χ0v) is 6.66. The highest BCUT2D eigenvalue weighted by Gasteiger charge is 2.05. The molecule has 0 spiro atoms. The van der Waals surface area contributed by atoms with Crippen molar-refractivity contribution in [3.63, 3.8) is 0 Å². The Morgan fingerprint density at radius 1 is 1.50 bits per heavy atom. The van der Waals surface area contributed by atoms with Gasteiger partial charge in [0, 0.05) is 23.3 Å². The summed E-state index contributed by atoms with van der Waals surface area (Å²) < 4.78 is 0. The Morgan fingerprint density at radius 3 is 3.08 bits per heavy atom. The number of carbonyl (C=O) groups excluding carboxylic acids is 1. The molecule has 3 heteroatoms. The number of Topliss-reactive ketones (excluding diaryl/α,β-unsaturated/α-hetero) is 1. The number of pyridine rings is 1. The Morgan fingerprint density at radius 2 is 2.33 bits per heavy atom. The van der Waals surface area contributed by atoms with E-state index in [2.05, 4.69) is 9.97 Å². The fraction of sp³-hybridized carbons (Fsp3) is 0.111. The maximum absolute atomic E-state index is 11.1. The number of fused-ring (bicyclic) bond motifs is 1. The molecule has 2 aromatic heterocycles. The number of aromatic nitrogens is 2. The van der Waals surface area contributed by atoms with E-state index in [-0.39, 0.29) is 5.78 Å². The maximum atomic E-state index is 11.1. The minimum Gasteiger partial charge on any atom is -0.360 e. The zero-order valence-electron chi connectivity index (χ0n) is 6.66. The van der Waals surface area contributed by atoms with Crippen molar-refractivity contribution in [2.24, 2.45) is 0 Å². The lowest BCUT2D eigenvalue weighted by atomic mass is 10.1. The molecule has 0 amide bonds. The second-order valence-electron chi connectivity index (χ2n) is 2.68. The number of carbonyl (C=O) groups is 1. The summed E-state index contributed by atoms with van der Waals surface area (Å²) in [6.45, 7) is 1.55. The van der Waals surface area contributed by atoms with Crippen LogP contribution in [0.1, 0.15) is 17.3 Å². The summed E-state index contributed by atoms with van der Waals surface area (Å²) in [5, 5.41) is 0.942. The molecule has 2 rings (SSSR count). The van der Waals surface area contributed by atoms with E-state index in [0.717, 1.165) is 10.9 Å². The third-order valence-electron chi connectivity index (χ3n) is 1.86. The molecule has 12 heavy (non-hydrogen) atoms. The van der Waals surface area contributed by atoms with E-state index in [9.17, 15) is 4.79 Å². The molecule has 0 aliphatic heterocycles. The zero-order chi connectivity index (χ0) is 8.55. The summed E-state index contributed by atoms with van der Waals surface area (Å²) in [4.78, 5) is 18.1. The Bertz CT molecular complexity index is 431. The molecule has 0 saturated carbocycles. The number of H-pyrrole nitrogens is 1. The van der Waals surface area contributed by atoms with E-state index >= 15 is 0 Å². The summed E-state index contributed by atoms with van der Waals surface area (Å²) in [5.74, 6) is 0.0488. The van der Waals surface area contributed by atoms with Crippen LogP contribution in [0.15, 0.2) is 24.7 Å². The number of hydrogen-bond donors (Lipinski definition) is 1. The summed E-state index contributed by atoms with van der Waals surface area (Å²) in [6.07, 6.45) is 5.11. The predicted octanol–water partition coefficient (Wildman–Crippen LogP) is 1.77. The van der Waals surface area contributed by atoms with Gasteiger partial charge >= 0.3 is 0 Å². The van der Waals surface area contributed by atoms with Gasteiger partial charge in [0.05, 0.1) is 11.7 Å². The van der Waals surface area contributed by atoms with Crippen LogP contribution in [0.2, 0.25) is 0 Å². The van der Waals surface area contributed by atoms with Gasteiger partial charge in [0.25, 0.3) is 0 Å². The van der Waals surface area contributed by atoms with Crippen molar-refractivity contribution in [3.8, 4) is 0 Å². The Kier molecular flexibility index (Phi) is 1.43. The van der Waals surface area contributed by atoms with Crippen LogP contribution in [0.4, 0.5) is 0 Å². The molecule has 60 valence electrons. The van der Waals surface area contributed by atoms with Crippen LogP contribution in [0, 0.1) is 0 Å². The summed E-state index contributed by atoms with van der Waals surface area (Å²) in [6, 6.07) is 1.88. The fourth-order valence-corrected chi connectivity index (χ4v) is 1.26. The molecule has 0 fully saturated rings. The molecule has 0 unspecified atom stereocenters. The fourth-order valence-electron chi connectivity index (χ4n) is 1.26. The van der Waals surface area contributed by atoms with E-state index in [0.29, 0.717) is 5.56 Å². The molecule has 0 aliphatic rings. The van der Waals surface area contributed by atoms with Crippen LogP contribution in [-0.2, 0) is 0 Å². The monoisotopic (exact) mass is 160 g/mol. The van der Waals surface area contributed by atoms with Crippen molar-refractivity contribution < 1.29 is 4.79 Å². The Hall–Kier alpha value is -1.64. The Balaban J connectivity index is 2.82. The minimum absolute atomic E-state index is 0.0488. The first-order valence-corrected chi connectivity index (χ1v) is 3.71. The first-order valence-electron chi connectivity index (χ1n) is 3.71. The molecule has 0 atom stereocenters. The molecular formula is C9H8N2O. The standard InChI is InChI=1S/C9H8N2O/c1-6(12)8-4-10-5-9-7(8)2-3-11-9/h2-5,11H,1H3. The van der Waals surface area contributed by atoms with Gasteiger partial charge in [-0.3, -0.25) is 9.78 Å². The lowest BCUT2D eigenvalue weighted by Gasteiger charge is -1.95. The van der Waals surface area contributed by atoms with E-state index in [4.69, 9.17) is 0 Å². The molecule has 2 heterocycles. The molecule has 0 bridgehead atoms. The van der Waals surface area contributed by atoms with Gasteiger partial charge in [0.15, 0.2) is 5.78 Å². The van der Waals surface area contributed by atoms with Crippen molar-refractivity contribution in [1.29, 1.82) is 0 Å². The highest BCUT2D eigenvalue weighted by atomic mass is 16.1. The van der Waals surface area contributed by atoms with E-state index in [1.165, 1.54) is 0 Å². The largest absolute Gasteiger partial charge is 0.360 e. The lowest BCUT2D eigenvalue weighted by molar-refractivity contribution is 0.101. The van der Waals surface area contributed by atoms with Gasteiger partial charge in [-0.25, -0.2) is 0 Å². The van der Waals surface area contributed by atoms with Crippen LogP contribution in [0.25, 0.3) is 10.9 Å². The maximum Gasteiger partial charge on any atom is 0.162 e. The second kappa shape index (κ2) is 2.44. The third kappa shape index (κ3) is 0.906. The van der Waals surface area contributed by atoms with Gasteiger partial charge in [0.2, 0.25) is 0 Å². The van der Waals surface area contributed by atoms with Gasteiger partial charge in [0.1, 0.15) is 0 Å². The number of nitrogens with one attached hydrogen (secondary N) is 1. The SMILES string of the molecule is CC(=O)c1cncc2[nH]ccc12. The van der Waals surface area contributed by atoms with Gasteiger partial charge in [-0.1, -0.05) is 0 Å². The van der Waals surface area contributed by atoms with Crippen LogP contribution in [0.3, 0.4) is 0 Å². The quantitative estimate of drug-likeness (QED) is 0.646. The predicted molar refractivity (Wildman–Crippen MR) is 46.1 cm³/mol. The van der Waals surface area contributed by atoms with E-state index < -0.39 is 0 Å². The first kappa shape index (κ1) is 7.03. The van der Waals surface area contributed by atoms with Crippen molar-refractivity contribution in [1.82, 2.24) is 9.97 Å². The van der Waals surface area contributed by atoms with Crippen LogP contribution in [0.5, 0.6) is 0 Å². The van der Waals surface area contributed by atoms with Crippen LogP contribution >= 0.6 is 0 Å². The molecule has 3 nitrogen and oxygen atoms in total. The number of hydrogen-bond acceptors (Lipinski definition) is 2. The minimum atomic E-state index is 0.0488. The molecule has 0 aliphatic carbocycles. The third-order valence-corrected chi connectivity index (χ3v) is 1.86. The van der Waals surface area contributed by atoms with E-state index in [1.807, 2.05) is 6.07 Å². The summed E-state index contributed by atoms with van der Waals surface area (Å²) in [7, 11) is 0. The first-order chi connectivity index (χ1) is 5.79. The van der Waals surface area contributed by atoms with Crippen LogP contribution < -0.4 is 0 Å². The van der Waals surface area contributed by atoms with Gasteiger partial charge in [-0.05, 0) is 13.0 Å². The topological polar surface area (TPSA) is 45.8 Å². The Labute approximate surface area is 69.4 Å². The number of aromatic amines is 1. The lowest BCUT2D eigenvalue weighted by Crippen LogP contribution is -1.93. The average Bonchev–Trinajstić information content (AvgIpc) is 2.49. The smallest absolute Gasteiger partial charge is 0.162 e. The molecule has 2 aromatic rings. The van der Waals surface area contributed by atoms with Crippen molar-refractivity contribution in [2.45, 2.75) is 6.92 Å². The van der Waals surface area contributed by atoms with Gasteiger partial charge < -0.3 is 4.98 Å².